The molecule has 2 N–H and O–H groups in total. The van der Waals surface area contributed by atoms with Crippen molar-refractivity contribution in [3.05, 3.63) is 29.8 Å². The minimum atomic E-state index is 0. The van der Waals surface area contributed by atoms with Crippen LogP contribution in [0.4, 0.5) is 5.69 Å². The van der Waals surface area contributed by atoms with Crippen molar-refractivity contribution in [1.29, 1.82) is 0 Å². The zero-order chi connectivity index (χ0) is 12.8. The molecule has 0 aromatic heterocycles. The molecule has 1 fully saturated rings. The number of halogens is 1. The van der Waals surface area contributed by atoms with Gasteiger partial charge in [-0.15, -0.1) is 12.4 Å². The lowest BCUT2D eigenvalue weighted by Gasteiger charge is -2.23. The highest BCUT2D eigenvalue weighted by molar-refractivity contribution is 5.85. The Morgan fingerprint density at radius 3 is 2.42 bits per heavy atom. The van der Waals surface area contributed by atoms with Crippen molar-refractivity contribution in [2.75, 3.05) is 25.0 Å². The summed E-state index contributed by atoms with van der Waals surface area (Å²) in [5.41, 5.74) is 2.71. The predicted molar refractivity (Wildman–Crippen MR) is 86.5 cm³/mol. The van der Waals surface area contributed by atoms with Crippen molar-refractivity contribution in [3.63, 3.8) is 0 Å². The van der Waals surface area contributed by atoms with Crippen LogP contribution >= 0.6 is 12.4 Å². The fourth-order valence-corrected chi connectivity index (χ4v) is 2.51. The molecule has 1 unspecified atom stereocenters. The number of hydrogen-bond acceptors (Lipinski definition) is 2. The van der Waals surface area contributed by atoms with Gasteiger partial charge >= 0.3 is 0 Å². The molecule has 0 aliphatic carbocycles. The highest BCUT2D eigenvalue weighted by Gasteiger charge is 2.12. The van der Waals surface area contributed by atoms with Gasteiger partial charge in [-0.2, -0.15) is 0 Å². The van der Waals surface area contributed by atoms with Crippen LogP contribution in [-0.4, -0.2) is 19.6 Å². The summed E-state index contributed by atoms with van der Waals surface area (Å²) in [7, 11) is 0. The van der Waals surface area contributed by atoms with Crippen molar-refractivity contribution in [2.24, 2.45) is 5.92 Å². The van der Waals surface area contributed by atoms with Crippen LogP contribution < -0.4 is 10.6 Å². The van der Waals surface area contributed by atoms with Gasteiger partial charge in [0.15, 0.2) is 0 Å². The molecule has 0 spiro atoms. The SMILES string of the molecule is CCC(C)c1ccc(NCC2CCNCC2)cc1.Cl. The molecule has 1 aromatic carbocycles. The summed E-state index contributed by atoms with van der Waals surface area (Å²) < 4.78 is 0. The standard InChI is InChI=1S/C16H26N2.ClH/c1-3-13(2)15-4-6-16(7-5-15)18-12-14-8-10-17-11-9-14;/h4-7,13-14,17-18H,3,8-12H2,1-2H3;1H. The Morgan fingerprint density at radius 2 is 1.84 bits per heavy atom. The molecule has 108 valence electrons. The first-order chi connectivity index (χ1) is 8.79. The first kappa shape index (κ1) is 16.3. The second-order valence-electron chi connectivity index (χ2n) is 5.51. The second-order valence-corrected chi connectivity index (χ2v) is 5.51. The second kappa shape index (κ2) is 8.44. The maximum atomic E-state index is 3.57. The number of piperidine rings is 1. The van der Waals surface area contributed by atoms with Gasteiger partial charge in [0.05, 0.1) is 0 Å². The lowest BCUT2D eigenvalue weighted by molar-refractivity contribution is 0.390. The van der Waals surface area contributed by atoms with Gasteiger partial charge in [-0.05, 0) is 61.9 Å². The van der Waals surface area contributed by atoms with Crippen molar-refractivity contribution < 1.29 is 0 Å². The number of anilines is 1. The molecule has 19 heavy (non-hydrogen) atoms. The van der Waals surface area contributed by atoms with Gasteiger partial charge in [-0.1, -0.05) is 26.0 Å². The minimum absolute atomic E-state index is 0. The van der Waals surface area contributed by atoms with E-state index in [0.29, 0.717) is 5.92 Å². The van der Waals surface area contributed by atoms with Crippen LogP contribution in [-0.2, 0) is 0 Å². The Morgan fingerprint density at radius 1 is 1.21 bits per heavy atom. The van der Waals surface area contributed by atoms with Crippen LogP contribution in [0.15, 0.2) is 24.3 Å². The van der Waals surface area contributed by atoms with E-state index in [9.17, 15) is 0 Å². The van der Waals surface area contributed by atoms with Crippen LogP contribution in [0.1, 0.15) is 44.6 Å². The number of benzene rings is 1. The van der Waals surface area contributed by atoms with E-state index >= 15 is 0 Å². The fraction of sp³-hybridized carbons (Fsp3) is 0.625. The van der Waals surface area contributed by atoms with Crippen LogP contribution in [0, 0.1) is 5.92 Å². The molecule has 3 heteroatoms. The maximum absolute atomic E-state index is 3.57. The molecule has 1 aromatic rings. The van der Waals surface area contributed by atoms with Crippen LogP contribution in [0.2, 0.25) is 0 Å². The summed E-state index contributed by atoms with van der Waals surface area (Å²) in [6, 6.07) is 8.98. The fourth-order valence-electron chi connectivity index (χ4n) is 2.51. The Kier molecular flexibility index (Phi) is 7.25. The van der Waals surface area contributed by atoms with Gasteiger partial charge in [0, 0.05) is 12.2 Å². The van der Waals surface area contributed by atoms with Crippen molar-refractivity contribution in [1.82, 2.24) is 5.32 Å². The third-order valence-corrected chi connectivity index (χ3v) is 4.15. The molecule has 1 atom stereocenters. The number of rotatable bonds is 5. The van der Waals surface area contributed by atoms with Crippen molar-refractivity contribution in [2.45, 2.75) is 39.0 Å². The topological polar surface area (TPSA) is 24.1 Å². The van der Waals surface area contributed by atoms with Crippen molar-refractivity contribution >= 4 is 18.1 Å². The average molecular weight is 283 g/mol. The summed E-state index contributed by atoms with van der Waals surface area (Å²) in [6.45, 7) is 8.01. The summed E-state index contributed by atoms with van der Waals surface area (Å²) >= 11 is 0. The zero-order valence-electron chi connectivity index (χ0n) is 12.1. The van der Waals surface area contributed by atoms with E-state index in [1.54, 1.807) is 0 Å². The van der Waals surface area contributed by atoms with Crippen LogP contribution in [0.25, 0.3) is 0 Å². The molecule has 0 saturated carbocycles. The van der Waals surface area contributed by atoms with Gasteiger partial charge in [0.1, 0.15) is 0 Å². The Hall–Kier alpha value is -0.730. The molecule has 0 bridgehead atoms. The van der Waals surface area contributed by atoms with Gasteiger partial charge < -0.3 is 10.6 Å². The van der Waals surface area contributed by atoms with Gasteiger partial charge in [0.25, 0.3) is 0 Å². The summed E-state index contributed by atoms with van der Waals surface area (Å²) in [6.07, 6.45) is 3.82. The smallest absolute Gasteiger partial charge is 0.0340 e. The molecular weight excluding hydrogens is 256 g/mol. The Balaban J connectivity index is 0.00000180. The third kappa shape index (κ3) is 5.04. The van der Waals surface area contributed by atoms with Crippen LogP contribution in [0.3, 0.4) is 0 Å². The Labute approximate surface area is 123 Å². The number of nitrogens with one attached hydrogen (secondary N) is 2. The minimum Gasteiger partial charge on any atom is -0.385 e. The maximum Gasteiger partial charge on any atom is 0.0340 e. The van der Waals surface area contributed by atoms with Gasteiger partial charge in [-0.25, -0.2) is 0 Å². The molecule has 1 aliphatic heterocycles. The first-order valence-corrected chi connectivity index (χ1v) is 7.34. The highest BCUT2D eigenvalue weighted by Crippen LogP contribution is 2.21. The quantitative estimate of drug-likeness (QED) is 0.852. The predicted octanol–water partition coefficient (Wildman–Crippen LogP) is 4.03. The van der Waals surface area contributed by atoms with Crippen LogP contribution in [0.5, 0.6) is 0 Å². The third-order valence-electron chi connectivity index (χ3n) is 4.15. The van der Waals surface area contributed by atoms with E-state index < -0.39 is 0 Å². The monoisotopic (exact) mass is 282 g/mol. The largest absolute Gasteiger partial charge is 0.385 e. The molecule has 2 nitrogen and oxygen atoms in total. The molecule has 0 amide bonds. The van der Waals surface area contributed by atoms with E-state index in [-0.39, 0.29) is 12.4 Å². The molecular formula is C16H27ClN2. The van der Waals surface area contributed by atoms with E-state index in [4.69, 9.17) is 0 Å². The first-order valence-electron chi connectivity index (χ1n) is 7.34. The summed E-state index contributed by atoms with van der Waals surface area (Å²) in [4.78, 5) is 0. The normalized spacial score (nSPS) is 17.6. The van der Waals surface area contributed by atoms with Gasteiger partial charge in [0.2, 0.25) is 0 Å². The van der Waals surface area contributed by atoms with Crippen molar-refractivity contribution in [3.8, 4) is 0 Å². The van der Waals surface area contributed by atoms with E-state index in [1.807, 2.05) is 0 Å². The molecule has 2 rings (SSSR count). The lowest BCUT2D eigenvalue weighted by Crippen LogP contribution is -2.31. The average Bonchev–Trinajstić information content (AvgIpc) is 2.46. The van der Waals surface area contributed by atoms with Gasteiger partial charge in [-0.3, -0.25) is 0 Å². The Bertz CT molecular complexity index is 344. The molecule has 1 heterocycles. The molecule has 0 radical (unpaired) electrons. The van der Waals surface area contributed by atoms with E-state index in [2.05, 4.69) is 48.7 Å². The highest BCUT2D eigenvalue weighted by atomic mass is 35.5. The summed E-state index contributed by atoms with van der Waals surface area (Å²) in [5, 5.41) is 6.98. The lowest BCUT2D eigenvalue weighted by atomic mass is 9.97. The molecule has 1 aliphatic rings. The van der Waals surface area contributed by atoms with E-state index in [0.717, 1.165) is 12.5 Å². The summed E-state index contributed by atoms with van der Waals surface area (Å²) in [5.74, 6) is 1.50. The number of hydrogen-bond donors (Lipinski definition) is 2. The van der Waals surface area contributed by atoms with E-state index in [1.165, 1.54) is 43.6 Å². The zero-order valence-corrected chi connectivity index (χ0v) is 12.9. The molecule has 1 saturated heterocycles.